The number of sulfonamides is 1. The zero-order valence-electron chi connectivity index (χ0n) is 13.3. The number of hydrogen-bond acceptors (Lipinski definition) is 4. The third kappa shape index (κ3) is 2.94. The van der Waals surface area contributed by atoms with Gasteiger partial charge in [-0.15, -0.1) is 0 Å². The molecule has 2 aromatic carbocycles. The van der Waals surface area contributed by atoms with Gasteiger partial charge in [0.1, 0.15) is 5.52 Å². The van der Waals surface area contributed by atoms with Crippen LogP contribution in [0.3, 0.4) is 0 Å². The Labute approximate surface area is 135 Å². The lowest BCUT2D eigenvalue weighted by Gasteiger charge is -2.14. The molecule has 23 heavy (non-hydrogen) atoms. The lowest BCUT2D eigenvalue weighted by molar-refractivity contribution is 0.561. The molecule has 0 aliphatic rings. The molecule has 5 nitrogen and oxygen atoms in total. The third-order valence-electron chi connectivity index (χ3n) is 3.75. The minimum atomic E-state index is -3.68. The summed E-state index contributed by atoms with van der Waals surface area (Å²) in [6.07, 6.45) is 0.751. The highest BCUT2D eigenvalue weighted by Crippen LogP contribution is 2.26. The van der Waals surface area contributed by atoms with Crippen LogP contribution in [-0.4, -0.2) is 13.4 Å². The minimum Gasteiger partial charge on any atom is -0.441 e. The highest BCUT2D eigenvalue weighted by molar-refractivity contribution is 7.92. The molecule has 1 aromatic heterocycles. The first-order valence-corrected chi connectivity index (χ1v) is 8.87. The highest BCUT2D eigenvalue weighted by atomic mass is 32.2. The van der Waals surface area contributed by atoms with Gasteiger partial charge in [0.25, 0.3) is 10.0 Å². The number of anilines is 1. The zero-order chi connectivity index (χ0) is 16.6. The van der Waals surface area contributed by atoms with Gasteiger partial charge in [-0.3, -0.25) is 4.72 Å². The Balaban J connectivity index is 2.04. The highest BCUT2D eigenvalue weighted by Gasteiger charge is 2.18. The van der Waals surface area contributed by atoms with E-state index in [1.54, 1.807) is 13.0 Å². The van der Waals surface area contributed by atoms with Crippen LogP contribution in [0.15, 0.2) is 45.7 Å². The van der Waals surface area contributed by atoms with Crippen molar-refractivity contribution in [3.63, 3.8) is 0 Å². The Bertz CT molecular complexity index is 975. The summed E-state index contributed by atoms with van der Waals surface area (Å²) >= 11 is 0. The summed E-state index contributed by atoms with van der Waals surface area (Å²) in [6.45, 7) is 5.62. The van der Waals surface area contributed by atoms with Crippen LogP contribution in [0.1, 0.15) is 23.9 Å². The summed E-state index contributed by atoms with van der Waals surface area (Å²) in [4.78, 5) is 4.36. The average Bonchev–Trinajstić information content (AvgIpc) is 2.88. The minimum absolute atomic E-state index is 0.170. The maximum atomic E-state index is 12.7. The van der Waals surface area contributed by atoms with Crippen molar-refractivity contribution in [1.82, 2.24) is 4.98 Å². The van der Waals surface area contributed by atoms with Crippen molar-refractivity contribution in [1.29, 1.82) is 0 Å². The van der Waals surface area contributed by atoms with Crippen molar-refractivity contribution < 1.29 is 12.8 Å². The maximum absolute atomic E-state index is 12.7. The van der Waals surface area contributed by atoms with Gasteiger partial charge >= 0.3 is 0 Å². The Hall–Kier alpha value is -2.34. The molecule has 0 amide bonds. The molecule has 0 aliphatic heterocycles. The monoisotopic (exact) mass is 330 g/mol. The molecule has 6 heteroatoms. The van der Waals surface area contributed by atoms with Crippen molar-refractivity contribution in [2.45, 2.75) is 32.1 Å². The van der Waals surface area contributed by atoms with E-state index in [9.17, 15) is 8.42 Å². The van der Waals surface area contributed by atoms with E-state index in [1.165, 1.54) is 12.1 Å². The summed E-state index contributed by atoms with van der Waals surface area (Å²) in [7, 11) is -3.68. The van der Waals surface area contributed by atoms with Gasteiger partial charge in [0, 0.05) is 6.92 Å². The molecular formula is C17H18N2O3S. The number of oxazole rings is 1. The van der Waals surface area contributed by atoms with E-state index >= 15 is 0 Å². The lowest BCUT2D eigenvalue weighted by Crippen LogP contribution is -2.15. The van der Waals surface area contributed by atoms with Crippen molar-refractivity contribution in [3.05, 3.63) is 53.4 Å². The molecule has 0 fully saturated rings. The van der Waals surface area contributed by atoms with Gasteiger partial charge in [0.05, 0.1) is 10.6 Å². The van der Waals surface area contributed by atoms with Crippen molar-refractivity contribution in [3.8, 4) is 0 Å². The standard InChI is InChI=1S/C17H18N2O3S/c1-4-13-7-5-6-11(2)17(13)19-23(20,21)14-8-9-16-15(10-14)18-12(3)22-16/h5-10,19H,4H2,1-3H3. The smallest absolute Gasteiger partial charge is 0.261 e. The molecule has 0 bridgehead atoms. The molecule has 1 N–H and O–H groups in total. The van der Waals surface area contributed by atoms with Gasteiger partial charge in [0.2, 0.25) is 0 Å². The Morgan fingerprint density at radius 1 is 1.17 bits per heavy atom. The Morgan fingerprint density at radius 3 is 2.70 bits per heavy atom. The molecule has 0 radical (unpaired) electrons. The van der Waals surface area contributed by atoms with Crippen LogP contribution < -0.4 is 4.72 Å². The largest absolute Gasteiger partial charge is 0.441 e. The van der Waals surface area contributed by atoms with Gasteiger partial charge in [0.15, 0.2) is 11.5 Å². The lowest BCUT2D eigenvalue weighted by atomic mass is 10.1. The van der Waals surface area contributed by atoms with Crippen LogP contribution in [0.4, 0.5) is 5.69 Å². The molecule has 3 rings (SSSR count). The number of fused-ring (bicyclic) bond motifs is 1. The molecule has 0 aliphatic carbocycles. The number of nitrogens with one attached hydrogen (secondary N) is 1. The van der Waals surface area contributed by atoms with E-state index in [4.69, 9.17) is 4.42 Å². The fourth-order valence-corrected chi connectivity index (χ4v) is 3.74. The molecule has 0 saturated heterocycles. The van der Waals surface area contributed by atoms with Gasteiger partial charge < -0.3 is 4.42 Å². The Morgan fingerprint density at radius 2 is 1.96 bits per heavy atom. The summed E-state index contributed by atoms with van der Waals surface area (Å²) in [6, 6.07) is 10.4. The molecule has 0 saturated carbocycles. The topological polar surface area (TPSA) is 72.2 Å². The summed E-state index contributed by atoms with van der Waals surface area (Å²) in [5.74, 6) is 0.509. The first-order chi connectivity index (χ1) is 10.9. The predicted octanol–water partition coefficient (Wildman–Crippen LogP) is 3.81. The summed E-state index contributed by atoms with van der Waals surface area (Å²) < 4.78 is 33.5. The summed E-state index contributed by atoms with van der Waals surface area (Å²) in [5.41, 5.74) is 3.61. The van der Waals surface area contributed by atoms with E-state index in [-0.39, 0.29) is 4.90 Å². The number of aromatic nitrogens is 1. The average molecular weight is 330 g/mol. The predicted molar refractivity (Wildman–Crippen MR) is 90.1 cm³/mol. The van der Waals surface area contributed by atoms with Gasteiger partial charge in [-0.25, -0.2) is 13.4 Å². The van der Waals surface area contributed by atoms with E-state index in [1.807, 2.05) is 32.0 Å². The fourth-order valence-electron chi connectivity index (χ4n) is 2.55. The number of nitrogens with zero attached hydrogens (tertiary/aromatic N) is 1. The first kappa shape index (κ1) is 15.6. The zero-order valence-corrected chi connectivity index (χ0v) is 14.1. The number of aryl methyl sites for hydroxylation is 3. The van der Waals surface area contributed by atoms with Crippen molar-refractivity contribution in [2.75, 3.05) is 4.72 Å². The van der Waals surface area contributed by atoms with Crippen LogP contribution in [0, 0.1) is 13.8 Å². The number of para-hydroxylation sites is 1. The van der Waals surface area contributed by atoms with Crippen LogP contribution in [-0.2, 0) is 16.4 Å². The third-order valence-corrected chi connectivity index (χ3v) is 5.10. The van der Waals surface area contributed by atoms with Crippen LogP contribution in [0.5, 0.6) is 0 Å². The normalized spacial score (nSPS) is 11.8. The second kappa shape index (κ2) is 5.70. The van der Waals surface area contributed by atoms with E-state index in [0.717, 1.165) is 17.5 Å². The molecule has 0 unspecified atom stereocenters. The summed E-state index contributed by atoms with van der Waals surface area (Å²) in [5, 5.41) is 0. The van der Waals surface area contributed by atoms with Gasteiger partial charge in [-0.05, 0) is 42.7 Å². The molecule has 1 heterocycles. The van der Waals surface area contributed by atoms with Gasteiger partial charge in [-0.1, -0.05) is 25.1 Å². The second-order valence-electron chi connectivity index (χ2n) is 5.43. The van der Waals surface area contributed by atoms with Crippen molar-refractivity contribution >= 4 is 26.8 Å². The van der Waals surface area contributed by atoms with Crippen molar-refractivity contribution in [2.24, 2.45) is 0 Å². The van der Waals surface area contributed by atoms with Gasteiger partial charge in [-0.2, -0.15) is 0 Å². The van der Waals surface area contributed by atoms with E-state index in [0.29, 0.717) is 22.7 Å². The molecule has 0 spiro atoms. The van der Waals surface area contributed by atoms with Crippen LogP contribution in [0.25, 0.3) is 11.1 Å². The van der Waals surface area contributed by atoms with Crippen LogP contribution in [0.2, 0.25) is 0 Å². The van der Waals surface area contributed by atoms with Crippen LogP contribution >= 0.6 is 0 Å². The molecule has 3 aromatic rings. The molecule has 0 atom stereocenters. The molecular weight excluding hydrogens is 312 g/mol. The maximum Gasteiger partial charge on any atom is 0.261 e. The first-order valence-electron chi connectivity index (χ1n) is 7.39. The van der Waals surface area contributed by atoms with E-state index in [2.05, 4.69) is 9.71 Å². The Kier molecular flexibility index (Phi) is 3.85. The number of benzene rings is 2. The number of hydrogen-bond donors (Lipinski definition) is 1. The number of rotatable bonds is 4. The SMILES string of the molecule is CCc1cccc(C)c1NS(=O)(=O)c1ccc2oc(C)nc2c1. The quantitative estimate of drug-likeness (QED) is 0.789. The molecule has 120 valence electrons. The fraction of sp³-hybridized carbons (Fsp3) is 0.235. The van der Waals surface area contributed by atoms with E-state index < -0.39 is 10.0 Å². The second-order valence-corrected chi connectivity index (χ2v) is 7.11.